The third-order valence-electron chi connectivity index (χ3n) is 4.66. The molecule has 1 saturated heterocycles. The van der Waals surface area contributed by atoms with Crippen molar-refractivity contribution in [3.8, 4) is 0 Å². The van der Waals surface area contributed by atoms with E-state index in [1.165, 1.54) is 12.6 Å². The Bertz CT molecular complexity index is 764. The predicted molar refractivity (Wildman–Crippen MR) is 115 cm³/mol. The monoisotopic (exact) mass is 425 g/mol. The lowest BCUT2D eigenvalue weighted by Gasteiger charge is -2.37. The molecule has 1 aromatic heterocycles. The number of esters is 2. The van der Waals surface area contributed by atoms with E-state index in [4.69, 9.17) is 0 Å². The smallest absolute Gasteiger partial charge is 0.320 e. The molecule has 1 fully saturated rings. The molecule has 1 unspecified atom stereocenters. The summed E-state index contributed by atoms with van der Waals surface area (Å²) in [6, 6.07) is 12.0. The Hall–Kier alpha value is -2.31. The molecule has 6 nitrogen and oxygen atoms in total. The SMILES string of the molecule is CC(=O)OC(=O)C(C)c1ccc(N2CCN(c3ccncc3)CC2)cc1.Cl.Cl. The number of hydrogen-bond donors (Lipinski definition) is 0. The van der Waals surface area contributed by atoms with Gasteiger partial charge in [-0.15, -0.1) is 24.8 Å². The van der Waals surface area contributed by atoms with Gasteiger partial charge in [-0.25, -0.2) is 0 Å². The fourth-order valence-electron chi connectivity index (χ4n) is 3.12. The van der Waals surface area contributed by atoms with Crippen molar-refractivity contribution in [2.24, 2.45) is 0 Å². The molecule has 0 radical (unpaired) electrons. The number of rotatable bonds is 4. The first-order valence-corrected chi connectivity index (χ1v) is 8.77. The molecule has 1 aromatic carbocycles. The normalized spacial score (nSPS) is 14.4. The van der Waals surface area contributed by atoms with Crippen LogP contribution in [-0.4, -0.2) is 43.1 Å². The van der Waals surface area contributed by atoms with Gasteiger partial charge in [0, 0.05) is 56.9 Å². The van der Waals surface area contributed by atoms with Gasteiger partial charge in [0.15, 0.2) is 0 Å². The van der Waals surface area contributed by atoms with Gasteiger partial charge in [0.05, 0.1) is 5.92 Å². The van der Waals surface area contributed by atoms with Gasteiger partial charge in [0.25, 0.3) is 0 Å². The van der Waals surface area contributed by atoms with E-state index in [1.807, 2.05) is 48.8 Å². The highest BCUT2D eigenvalue weighted by Gasteiger charge is 2.20. The average Bonchev–Trinajstić information content (AvgIpc) is 2.68. The van der Waals surface area contributed by atoms with Gasteiger partial charge in [-0.3, -0.25) is 14.6 Å². The number of pyridine rings is 1. The maximum absolute atomic E-state index is 11.8. The van der Waals surface area contributed by atoms with Crippen LogP contribution in [0.4, 0.5) is 11.4 Å². The number of carbonyl (C=O) groups is 2. The van der Waals surface area contributed by atoms with Crippen LogP contribution in [0.3, 0.4) is 0 Å². The van der Waals surface area contributed by atoms with Crippen molar-refractivity contribution in [1.29, 1.82) is 0 Å². The number of hydrogen-bond acceptors (Lipinski definition) is 6. The zero-order valence-corrected chi connectivity index (χ0v) is 17.5. The lowest BCUT2D eigenvalue weighted by Crippen LogP contribution is -2.46. The molecule has 2 aromatic rings. The fourth-order valence-corrected chi connectivity index (χ4v) is 3.12. The minimum absolute atomic E-state index is 0. The molecule has 0 amide bonds. The van der Waals surface area contributed by atoms with Crippen molar-refractivity contribution in [2.45, 2.75) is 19.8 Å². The van der Waals surface area contributed by atoms with Gasteiger partial charge in [-0.2, -0.15) is 0 Å². The Balaban J connectivity index is 0.00000196. The van der Waals surface area contributed by atoms with Crippen LogP contribution in [-0.2, 0) is 14.3 Å². The van der Waals surface area contributed by atoms with E-state index in [9.17, 15) is 9.59 Å². The molecule has 0 bridgehead atoms. The van der Waals surface area contributed by atoms with Gasteiger partial charge >= 0.3 is 11.9 Å². The Morgan fingerprint density at radius 2 is 1.36 bits per heavy atom. The lowest BCUT2D eigenvalue weighted by atomic mass is 10.0. The minimum atomic E-state index is -0.578. The molecular formula is C20H25Cl2N3O3. The Kier molecular flexibility index (Phi) is 9.22. The molecule has 0 saturated carbocycles. The van der Waals surface area contributed by atoms with E-state index < -0.39 is 17.9 Å². The molecule has 1 atom stereocenters. The van der Waals surface area contributed by atoms with E-state index in [1.54, 1.807) is 6.92 Å². The molecule has 1 aliphatic heterocycles. The number of benzene rings is 1. The Morgan fingerprint density at radius 1 is 0.893 bits per heavy atom. The summed E-state index contributed by atoms with van der Waals surface area (Å²) in [7, 11) is 0. The van der Waals surface area contributed by atoms with Crippen molar-refractivity contribution < 1.29 is 14.3 Å². The highest BCUT2D eigenvalue weighted by molar-refractivity contribution is 5.88. The molecule has 152 valence electrons. The summed E-state index contributed by atoms with van der Waals surface area (Å²) in [5.74, 6) is -1.56. The third kappa shape index (κ3) is 5.84. The van der Waals surface area contributed by atoms with Crippen LogP contribution in [0.2, 0.25) is 0 Å². The van der Waals surface area contributed by atoms with E-state index in [0.29, 0.717) is 0 Å². The zero-order chi connectivity index (χ0) is 18.5. The van der Waals surface area contributed by atoms with Crippen LogP contribution in [0, 0.1) is 0 Å². The number of ether oxygens (including phenoxy) is 1. The van der Waals surface area contributed by atoms with Gasteiger partial charge in [0.2, 0.25) is 0 Å². The highest BCUT2D eigenvalue weighted by Crippen LogP contribution is 2.23. The molecule has 0 spiro atoms. The number of aromatic nitrogens is 1. The van der Waals surface area contributed by atoms with E-state index in [0.717, 1.165) is 37.4 Å². The molecule has 1 aliphatic rings. The van der Waals surface area contributed by atoms with E-state index >= 15 is 0 Å². The lowest BCUT2D eigenvalue weighted by molar-refractivity contribution is -0.158. The minimum Gasteiger partial charge on any atom is -0.393 e. The molecule has 0 aliphatic carbocycles. The Labute approximate surface area is 177 Å². The zero-order valence-electron chi connectivity index (χ0n) is 15.9. The van der Waals surface area contributed by atoms with Gasteiger partial charge in [-0.05, 0) is 36.8 Å². The molecule has 28 heavy (non-hydrogen) atoms. The van der Waals surface area contributed by atoms with Crippen molar-refractivity contribution in [1.82, 2.24) is 4.98 Å². The largest absolute Gasteiger partial charge is 0.393 e. The second-order valence-corrected chi connectivity index (χ2v) is 6.41. The summed E-state index contributed by atoms with van der Waals surface area (Å²) in [5.41, 5.74) is 3.18. The van der Waals surface area contributed by atoms with Gasteiger partial charge < -0.3 is 14.5 Å². The van der Waals surface area contributed by atoms with Crippen LogP contribution >= 0.6 is 24.8 Å². The van der Waals surface area contributed by atoms with Crippen molar-refractivity contribution >= 4 is 48.1 Å². The van der Waals surface area contributed by atoms with Crippen molar-refractivity contribution in [3.05, 3.63) is 54.4 Å². The quantitative estimate of drug-likeness (QED) is 0.552. The van der Waals surface area contributed by atoms with Crippen molar-refractivity contribution in [3.63, 3.8) is 0 Å². The molecule has 0 N–H and O–H groups in total. The summed E-state index contributed by atoms with van der Waals surface area (Å²) in [6.07, 6.45) is 3.64. The standard InChI is InChI=1S/C20H23N3O3.2ClH/c1-15(20(25)26-16(2)24)17-3-5-18(6-4-17)22-11-13-23(14-12-22)19-7-9-21-10-8-19;;/h3-10,15H,11-14H2,1-2H3;2*1H. The molecular weight excluding hydrogens is 401 g/mol. The predicted octanol–water partition coefficient (Wildman–Crippen LogP) is 3.45. The second-order valence-electron chi connectivity index (χ2n) is 6.41. The van der Waals surface area contributed by atoms with Crippen LogP contribution in [0.25, 0.3) is 0 Å². The number of piperazine rings is 1. The summed E-state index contributed by atoms with van der Waals surface area (Å²) in [6.45, 7) is 6.75. The second kappa shape index (κ2) is 10.9. The van der Waals surface area contributed by atoms with Gasteiger partial charge in [0.1, 0.15) is 0 Å². The number of nitrogens with zero attached hydrogens (tertiary/aromatic N) is 3. The Morgan fingerprint density at radius 3 is 1.82 bits per heavy atom. The fraction of sp³-hybridized carbons (Fsp3) is 0.350. The maximum Gasteiger partial charge on any atom is 0.320 e. The highest BCUT2D eigenvalue weighted by atomic mass is 35.5. The van der Waals surface area contributed by atoms with Crippen LogP contribution in [0.15, 0.2) is 48.8 Å². The van der Waals surface area contributed by atoms with Crippen molar-refractivity contribution in [2.75, 3.05) is 36.0 Å². The maximum atomic E-state index is 11.8. The first-order valence-electron chi connectivity index (χ1n) is 8.77. The number of anilines is 2. The van der Waals surface area contributed by atoms with Crippen LogP contribution < -0.4 is 9.80 Å². The van der Waals surface area contributed by atoms with Crippen LogP contribution in [0.5, 0.6) is 0 Å². The molecule has 2 heterocycles. The average molecular weight is 426 g/mol. The number of halogens is 2. The topological polar surface area (TPSA) is 62.7 Å². The first kappa shape index (κ1) is 23.7. The molecule has 3 rings (SSSR count). The summed E-state index contributed by atoms with van der Waals surface area (Å²) in [4.78, 5) is 31.5. The third-order valence-corrected chi connectivity index (χ3v) is 4.66. The van der Waals surface area contributed by atoms with Gasteiger partial charge in [-0.1, -0.05) is 12.1 Å². The first-order chi connectivity index (χ1) is 12.5. The van der Waals surface area contributed by atoms with Crippen LogP contribution in [0.1, 0.15) is 25.3 Å². The number of carbonyl (C=O) groups excluding carboxylic acids is 2. The summed E-state index contributed by atoms with van der Waals surface area (Å²) < 4.78 is 4.67. The summed E-state index contributed by atoms with van der Waals surface area (Å²) >= 11 is 0. The van der Waals surface area contributed by atoms with E-state index in [2.05, 4.69) is 19.5 Å². The molecule has 8 heteroatoms. The van der Waals surface area contributed by atoms with E-state index in [-0.39, 0.29) is 24.8 Å². The summed E-state index contributed by atoms with van der Waals surface area (Å²) in [5, 5.41) is 0.